The minimum atomic E-state index is -0.237. The maximum atomic E-state index is 9.05. The van der Waals surface area contributed by atoms with E-state index < -0.39 is 0 Å². The molecule has 74 heavy (non-hydrogen) atoms. The van der Waals surface area contributed by atoms with Crippen LogP contribution in [0, 0.1) is 35.8 Å². The molecule has 0 saturated carbocycles. The molecule has 0 aliphatic heterocycles. The van der Waals surface area contributed by atoms with Gasteiger partial charge in [0.2, 0.25) is 5.71 Å². The summed E-state index contributed by atoms with van der Waals surface area (Å²) < 4.78 is 20.4. The number of rotatable bonds is 8. The Labute approximate surface area is 468 Å². The number of nitrogens with zero attached hydrogens (tertiary/aromatic N) is 8. The van der Waals surface area contributed by atoms with Crippen molar-refractivity contribution in [3.63, 3.8) is 0 Å². The summed E-state index contributed by atoms with van der Waals surface area (Å²) >= 11 is 32.7. The van der Waals surface area contributed by atoms with Crippen LogP contribution in [0.25, 0.3) is 82.2 Å². The Kier molecular flexibility index (Phi) is 13.1. The average molecular weight is 1140 g/mol. The molecule has 10 aromatic rings. The third-order valence-electron chi connectivity index (χ3n) is 12.2. The van der Waals surface area contributed by atoms with Crippen LogP contribution in [0.2, 0.25) is 0 Å². The van der Waals surface area contributed by atoms with Crippen molar-refractivity contribution in [3.05, 3.63) is 151 Å². The first kappa shape index (κ1) is 49.2. The van der Waals surface area contributed by atoms with E-state index in [9.17, 15) is 0 Å². The number of aliphatic imine (C=N–C) groups is 2. The van der Waals surface area contributed by atoms with Crippen molar-refractivity contribution in [2.45, 2.75) is 0 Å². The van der Waals surface area contributed by atoms with E-state index in [2.05, 4.69) is 96.5 Å². The lowest BCUT2D eigenvalue weighted by Crippen LogP contribution is -1.97. The fourth-order valence-corrected chi connectivity index (χ4v) is 17.4. The van der Waals surface area contributed by atoms with Gasteiger partial charge in [-0.2, -0.15) is 10.5 Å². The lowest BCUT2D eigenvalue weighted by atomic mass is 10.1. The molecule has 0 radical (unpaired) electrons. The monoisotopic (exact) mass is 1140 g/mol. The van der Waals surface area contributed by atoms with E-state index in [1.807, 2.05) is 31.3 Å². The van der Waals surface area contributed by atoms with Gasteiger partial charge in [0, 0.05) is 68.3 Å². The minimum absolute atomic E-state index is 0.207. The highest BCUT2D eigenvalue weighted by Crippen LogP contribution is 2.52. The number of aromatic nitrogens is 2. The predicted molar refractivity (Wildman–Crippen MR) is 326 cm³/mol. The third-order valence-corrected chi connectivity index (χ3v) is 21.1. The second-order valence-corrected chi connectivity index (χ2v) is 24.3. The van der Waals surface area contributed by atoms with Crippen molar-refractivity contribution in [2.24, 2.45) is 24.1 Å². The van der Waals surface area contributed by atoms with Gasteiger partial charge in [0.25, 0.3) is 5.00 Å². The van der Waals surface area contributed by atoms with Gasteiger partial charge in [-0.1, -0.05) is 109 Å². The van der Waals surface area contributed by atoms with Crippen LogP contribution in [0.5, 0.6) is 11.5 Å². The second-order valence-electron chi connectivity index (χ2n) is 16.3. The number of hydrogen-bond acceptors (Lipinski definition) is 16. The third kappa shape index (κ3) is 8.30. The first-order chi connectivity index (χ1) is 35.9. The first-order valence-corrected chi connectivity index (χ1v) is 28.3. The molecule has 0 atom stereocenters. The normalized spacial score (nSPS) is 12.6. The van der Waals surface area contributed by atoms with Crippen LogP contribution in [0.1, 0.15) is 32.0 Å². The molecule has 2 aliphatic rings. The molecule has 356 valence electrons. The Morgan fingerprint density at radius 1 is 0.554 bits per heavy atom. The van der Waals surface area contributed by atoms with Gasteiger partial charge < -0.3 is 18.6 Å². The van der Waals surface area contributed by atoms with Crippen molar-refractivity contribution >= 4 is 211 Å². The summed E-state index contributed by atoms with van der Waals surface area (Å²) in [6, 6.07) is 32.0. The Morgan fingerprint density at radius 3 is 1.28 bits per heavy atom. The molecule has 0 bridgehead atoms. The van der Waals surface area contributed by atoms with Crippen molar-refractivity contribution < 1.29 is 9.47 Å². The lowest BCUT2D eigenvalue weighted by Gasteiger charge is -1.99. The van der Waals surface area contributed by atoms with E-state index in [0.717, 1.165) is 103 Å². The molecule has 12 rings (SSSR count). The zero-order valence-electron chi connectivity index (χ0n) is 38.7. The number of thiophene rings is 6. The number of thiocarbonyl (C=S) groups is 4. The summed E-state index contributed by atoms with van der Waals surface area (Å²) in [5.41, 5.74) is 10.6. The summed E-state index contributed by atoms with van der Waals surface area (Å²) in [6.07, 6.45) is 4.31. The molecule has 0 saturated heterocycles. The van der Waals surface area contributed by atoms with Crippen LogP contribution in [-0.2, 0) is 14.1 Å². The van der Waals surface area contributed by atoms with Crippen molar-refractivity contribution in [3.8, 4) is 43.1 Å². The smallest absolute Gasteiger partial charge is 0.495 e. The molecule has 0 spiro atoms. The fraction of sp³-hybridized carbons (Fsp3) is 0.0741. The molecule has 8 aromatic heterocycles. The highest BCUT2D eigenvalue weighted by molar-refractivity contribution is 7.84. The molecular formula is C54H28N8O2S10. The Hall–Kier alpha value is -7.02. The van der Waals surface area contributed by atoms with E-state index in [1.54, 1.807) is 83.8 Å². The van der Waals surface area contributed by atoms with Gasteiger partial charge in [-0.05, 0) is 49.6 Å². The van der Waals surface area contributed by atoms with Crippen molar-refractivity contribution in [1.82, 2.24) is 9.13 Å². The SMILES string of the molecule is Cn1c2cc(C=C3C(=S)c4ccccc4C3=S)sc2c2sc(C=C3C(=S)c4ccccc4C3=S)cc21.[C-]#[N+]C(=Nc1cc(OC)c(-c2cc3c(s2)c2sc(-c4sc(N=C(C#N)C#N)cc4OC)cc2n3C)s1)[N+]#[C-]. The number of hydrogen-bond donors (Lipinski definition) is 0. The standard InChI is InChI=1S/C29H15NS6.C25H13N7O2S4/c1-30-22-12-14(10-20-24(31)16-6-2-3-7-17(16)25(20)32)35-28(22)29-23(30)13-15(36-29)11-21-26(33)18-8-4-5-9-19(18)27(21)34;1-28-25(29-2)31-20-9-16(34-5)24(38-20)18-7-14-22(36-18)21-13(32(14)3)6-17(35-21)23-15(33-4)8-19(37-23)30-12(10-26)11-27/h2-13H,1H3;6-9H,3-5H3. The van der Waals surface area contributed by atoms with E-state index in [0.29, 0.717) is 21.5 Å². The van der Waals surface area contributed by atoms with Crippen LogP contribution >= 0.6 is 117 Å². The number of aryl methyl sites for hydroxylation is 2. The zero-order valence-corrected chi connectivity index (χ0v) is 46.9. The second kappa shape index (κ2) is 19.7. The van der Waals surface area contributed by atoms with Gasteiger partial charge in [-0.3, -0.25) is 0 Å². The molecule has 20 heteroatoms. The van der Waals surface area contributed by atoms with Gasteiger partial charge in [-0.25, -0.2) is 14.7 Å². The molecule has 0 amide bonds. The summed E-state index contributed by atoms with van der Waals surface area (Å²) in [4.78, 5) is 24.0. The molecule has 2 aromatic carbocycles. The maximum absolute atomic E-state index is 9.05. The van der Waals surface area contributed by atoms with Gasteiger partial charge in [0.05, 0.1) is 100 Å². The molecular weight excluding hydrogens is 1110 g/mol. The number of allylic oxidation sites excluding steroid dienone is 2. The van der Waals surface area contributed by atoms with Crippen LogP contribution in [0.15, 0.2) is 106 Å². The fourth-order valence-electron chi connectivity index (χ4n) is 8.77. The van der Waals surface area contributed by atoms with Crippen LogP contribution < -0.4 is 9.47 Å². The van der Waals surface area contributed by atoms with Crippen molar-refractivity contribution in [2.75, 3.05) is 14.2 Å². The number of nitriles is 2. The van der Waals surface area contributed by atoms with E-state index in [1.165, 1.54) is 43.1 Å². The van der Waals surface area contributed by atoms with Gasteiger partial charge in [0.1, 0.15) is 28.6 Å². The summed E-state index contributed by atoms with van der Waals surface area (Å²) in [7, 11) is 7.31. The first-order valence-electron chi connectivity index (χ1n) is 21.8. The Morgan fingerprint density at radius 2 is 0.919 bits per heavy atom. The lowest BCUT2D eigenvalue weighted by molar-refractivity contribution is 0.418. The summed E-state index contributed by atoms with van der Waals surface area (Å²) in [5.74, 6) is 1.04. The van der Waals surface area contributed by atoms with E-state index in [4.69, 9.17) is 82.0 Å². The molecule has 0 N–H and O–H groups in total. The molecule has 0 unspecified atom stereocenters. The molecule has 2 aliphatic carbocycles. The van der Waals surface area contributed by atoms with Crippen LogP contribution in [-0.4, -0.2) is 54.5 Å². The quantitative estimate of drug-likeness (QED) is 0.0487. The number of fused-ring (bicyclic) bond motifs is 8. The van der Waals surface area contributed by atoms with Crippen LogP contribution in [0.4, 0.5) is 10.0 Å². The summed E-state index contributed by atoms with van der Waals surface area (Å²) in [5, 5.41) is 19.2. The Bertz CT molecular complexity index is 4080. The number of guanidine groups is 1. The highest BCUT2D eigenvalue weighted by Gasteiger charge is 2.29. The van der Waals surface area contributed by atoms with Gasteiger partial charge in [0.15, 0.2) is 0 Å². The molecule has 8 heterocycles. The predicted octanol–water partition coefficient (Wildman–Crippen LogP) is 16.4. The van der Waals surface area contributed by atoms with Gasteiger partial charge >= 0.3 is 5.96 Å². The topological polar surface area (TPSA) is 109 Å². The van der Waals surface area contributed by atoms with Crippen molar-refractivity contribution in [1.29, 1.82) is 10.5 Å². The average Bonchev–Trinajstić information content (AvgIpc) is 4.31. The Balaban J connectivity index is 0.000000159. The number of benzene rings is 2. The highest BCUT2D eigenvalue weighted by atomic mass is 32.1. The molecule has 10 nitrogen and oxygen atoms in total. The van der Waals surface area contributed by atoms with Gasteiger partial charge in [-0.15, -0.1) is 56.7 Å². The number of ether oxygens (including phenoxy) is 2. The zero-order chi connectivity index (χ0) is 51.7. The molecule has 0 fully saturated rings. The van der Waals surface area contributed by atoms with E-state index >= 15 is 0 Å². The van der Waals surface area contributed by atoms with E-state index in [-0.39, 0.29) is 11.7 Å². The largest absolute Gasteiger partial charge is 0.635 e. The minimum Gasteiger partial charge on any atom is -0.495 e. The number of methoxy groups -OCH3 is 2. The van der Waals surface area contributed by atoms with Crippen LogP contribution in [0.3, 0.4) is 0 Å². The summed E-state index contributed by atoms with van der Waals surface area (Å²) in [6.45, 7) is 14.2. The maximum Gasteiger partial charge on any atom is 0.635 e.